The molecule has 0 saturated heterocycles. The topological polar surface area (TPSA) is 79.2 Å². The van der Waals surface area contributed by atoms with Crippen LogP contribution < -0.4 is 0 Å². The van der Waals surface area contributed by atoms with Gasteiger partial charge in [0.15, 0.2) is 0 Å². The minimum atomic E-state index is -1.76. The van der Waals surface area contributed by atoms with Crippen LogP contribution in [0.15, 0.2) is 0 Å². The molecule has 0 aliphatic heterocycles. The van der Waals surface area contributed by atoms with Gasteiger partial charge in [-0.25, -0.2) is 0 Å². The molecular weight excluding hydrogens is 163 g/mol. The lowest BCUT2D eigenvalue weighted by Gasteiger charge is -2.14. The first-order chi connectivity index (χ1) is 5.52. The monoisotopic (exact) mass is 178 g/mol. The highest BCUT2D eigenvalue weighted by Gasteiger charge is 2.11. The zero-order valence-electron chi connectivity index (χ0n) is 7.30. The van der Waals surface area contributed by atoms with Gasteiger partial charge in [-0.1, -0.05) is 0 Å². The highest BCUT2D eigenvalue weighted by molar-refractivity contribution is 6.32. The van der Waals surface area contributed by atoms with E-state index in [1.807, 2.05) is 0 Å². The summed E-state index contributed by atoms with van der Waals surface area (Å²) in [4.78, 5) is 0. The van der Waals surface area contributed by atoms with Crippen molar-refractivity contribution in [3.05, 3.63) is 0 Å². The Morgan fingerprint density at radius 2 is 1.83 bits per heavy atom. The molecule has 3 N–H and O–H groups in total. The fourth-order valence-corrected chi connectivity index (χ4v) is 0.573. The third kappa shape index (κ3) is 7.97. The van der Waals surface area contributed by atoms with Crippen LogP contribution in [-0.4, -0.2) is 47.9 Å². The summed E-state index contributed by atoms with van der Waals surface area (Å²) in [6.07, 6.45) is -0.784. The first-order valence-corrected chi connectivity index (χ1v) is 3.79. The van der Waals surface area contributed by atoms with Crippen molar-refractivity contribution >= 4 is 7.32 Å². The Bertz CT molecular complexity index is 96.1. The van der Waals surface area contributed by atoms with E-state index in [1.54, 1.807) is 13.8 Å². The molecule has 0 saturated carbocycles. The van der Waals surface area contributed by atoms with Crippen LogP contribution in [0, 0.1) is 0 Å². The van der Waals surface area contributed by atoms with Gasteiger partial charge in [-0.15, -0.1) is 0 Å². The van der Waals surface area contributed by atoms with Crippen LogP contribution >= 0.6 is 0 Å². The van der Waals surface area contributed by atoms with Gasteiger partial charge in [0.2, 0.25) is 0 Å². The summed E-state index contributed by atoms with van der Waals surface area (Å²) in [7, 11) is -1.76. The summed E-state index contributed by atoms with van der Waals surface area (Å²) >= 11 is 0. The van der Waals surface area contributed by atoms with E-state index in [1.165, 1.54) is 0 Å². The van der Waals surface area contributed by atoms with Crippen LogP contribution in [0.2, 0.25) is 0 Å². The molecule has 0 aromatic heterocycles. The van der Waals surface area contributed by atoms with Crippen LogP contribution in [0.25, 0.3) is 0 Å². The van der Waals surface area contributed by atoms with Gasteiger partial charge in [0.25, 0.3) is 0 Å². The van der Waals surface area contributed by atoms with Crippen LogP contribution in [0.3, 0.4) is 0 Å². The first-order valence-electron chi connectivity index (χ1n) is 3.79. The van der Waals surface area contributed by atoms with Gasteiger partial charge in [0.05, 0.1) is 25.4 Å². The van der Waals surface area contributed by atoms with E-state index in [0.29, 0.717) is 0 Å². The molecular formula is C6H15BO5. The number of rotatable bonds is 6. The standard InChI is InChI=1S/C6H15BO5/c1-5(8)3-11-6(2)4-12-7(9)10/h5-6,8-10H,3-4H2,1-2H3. The number of aliphatic hydroxyl groups excluding tert-OH is 1. The Labute approximate surface area is 72.1 Å². The fourth-order valence-electron chi connectivity index (χ4n) is 0.573. The minimum absolute atomic E-state index is 0.0877. The van der Waals surface area contributed by atoms with Gasteiger partial charge < -0.3 is 24.5 Å². The fraction of sp³-hybridized carbons (Fsp3) is 1.00. The molecule has 0 heterocycles. The van der Waals surface area contributed by atoms with Crippen molar-refractivity contribution in [2.75, 3.05) is 13.2 Å². The molecule has 0 bridgehead atoms. The maximum atomic E-state index is 8.81. The third-order valence-corrected chi connectivity index (χ3v) is 1.10. The highest BCUT2D eigenvalue weighted by atomic mass is 16.6. The zero-order chi connectivity index (χ0) is 9.56. The van der Waals surface area contributed by atoms with Crippen molar-refractivity contribution in [2.45, 2.75) is 26.1 Å². The van der Waals surface area contributed by atoms with Gasteiger partial charge in [0, 0.05) is 0 Å². The van der Waals surface area contributed by atoms with E-state index in [-0.39, 0.29) is 19.3 Å². The zero-order valence-corrected chi connectivity index (χ0v) is 7.30. The molecule has 5 nitrogen and oxygen atoms in total. The average Bonchev–Trinajstić information content (AvgIpc) is 1.96. The number of ether oxygens (including phenoxy) is 1. The predicted octanol–water partition coefficient (Wildman–Crippen LogP) is -1.24. The van der Waals surface area contributed by atoms with Crippen molar-refractivity contribution in [1.82, 2.24) is 0 Å². The Hall–Kier alpha value is -0.135. The van der Waals surface area contributed by atoms with Gasteiger partial charge in [-0.3, -0.25) is 0 Å². The molecule has 0 radical (unpaired) electrons. The molecule has 0 aliphatic rings. The van der Waals surface area contributed by atoms with Crippen LogP contribution in [0.1, 0.15) is 13.8 Å². The lowest BCUT2D eigenvalue weighted by atomic mass is 10.2. The van der Waals surface area contributed by atoms with E-state index in [4.69, 9.17) is 19.9 Å². The van der Waals surface area contributed by atoms with E-state index in [9.17, 15) is 0 Å². The molecule has 2 unspecified atom stereocenters. The summed E-state index contributed by atoms with van der Waals surface area (Å²) in [5.74, 6) is 0. The van der Waals surface area contributed by atoms with E-state index in [0.717, 1.165) is 0 Å². The maximum Gasteiger partial charge on any atom is 0.633 e. The molecule has 0 aromatic carbocycles. The molecule has 12 heavy (non-hydrogen) atoms. The molecule has 0 aromatic rings. The lowest BCUT2D eigenvalue weighted by molar-refractivity contribution is -0.0202. The molecule has 0 spiro atoms. The number of hydrogen-bond acceptors (Lipinski definition) is 5. The predicted molar refractivity (Wildman–Crippen MR) is 43.2 cm³/mol. The molecule has 0 rings (SSSR count). The second kappa shape index (κ2) is 6.39. The van der Waals surface area contributed by atoms with Crippen molar-refractivity contribution in [1.29, 1.82) is 0 Å². The molecule has 6 heteroatoms. The normalized spacial score (nSPS) is 15.8. The second-order valence-electron chi connectivity index (χ2n) is 2.65. The van der Waals surface area contributed by atoms with Crippen molar-refractivity contribution in [3.8, 4) is 0 Å². The Balaban J connectivity index is 3.27. The van der Waals surface area contributed by atoms with Gasteiger partial charge >= 0.3 is 7.32 Å². The van der Waals surface area contributed by atoms with E-state index < -0.39 is 13.4 Å². The minimum Gasteiger partial charge on any atom is -0.402 e. The Kier molecular flexibility index (Phi) is 6.32. The molecule has 0 aliphatic carbocycles. The lowest BCUT2D eigenvalue weighted by Crippen LogP contribution is -2.26. The van der Waals surface area contributed by atoms with Crippen LogP contribution in [0.5, 0.6) is 0 Å². The SMILES string of the molecule is CC(O)COC(C)COB(O)O. The largest absolute Gasteiger partial charge is 0.633 e. The van der Waals surface area contributed by atoms with Gasteiger partial charge in [-0.2, -0.15) is 0 Å². The molecule has 72 valence electrons. The first kappa shape index (κ1) is 11.9. The Morgan fingerprint density at radius 1 is 1.25 bits per heavy atom. The summed E-state index contributed by atoms with van der Waals surface area (Å²) in [6.45, 7) is 3.62. The van der Waals surface area contributed by atoms with Crippen molar-refractivity contribution in [2.24, 2.45) is 0 Å². The number of hydrogen-bond donors (Lipinski definition) is 3. The van der Waals surface area contributed by atoms with E-state index in [2.05, 4.69) is 4.65 Å². The third-order valence-electron chi connectivity index (χ3n) is 1.10. The second-order valence-corrected chi connectivity index (χ2v) is 2.65. The van der Waals surface area contributed by atoms with Gasteiger partial charge in [0.1, 0.15) is 0 Å². The smallest absolute Gasteiger partial charge is 0.402 e. The van der Waals surface area contributed by atoms with Crippen LogP contribution in [-0.2, 0) is 9.39 Å². The molecule has 0 amide bonds. The summed E-state index contributed by atoms with van der Waals surface area (Å²) in [6, 6.07) is 0. The molecule has 0 fully saturated rings. The summed E-state index contributed by atoms with van der Waals surface area (Å²) in [5.41, 5.74) is 0. The Morgan fingerprint density at radius 3 is 2.25 bits per heavy atom. The van der Waals surface area contributed by atoms with Gasteiger partial charge in [-0.05, 0) is 13.8 Å². The van der Waals surface area contributed by atoms with Crippen molar-refractivity contribution < 1.29 is 24.5 Å². The van der Waals surface area contributed by atoms with E-state index >= 15 is 0 Å². The van der Waals surface area contributed by atoms with Crippen LogP contribution in [0.4, 0.5) is 0 Å². The maximum absolute atomic E-state index is 8.81. The highest BCUT2D eigenvalue weighted by Crippen LogP contribution is 1.94. The van der Waals surface area contributed by atoms with Crippen molar-refractivity contribution in [3.63, 3.8) is 0 Å². The number of aliphatic hydroxyl groups is 1. The molecule has 2 atom stereocenters. The quantitative estimate of drug-likeness (QED) is 0.443. The average molecular weight is 178 g/mol. The summed E-state index contributed by atoms with van der Waals surface area (Å²) in [5, 5.41) is 25.4. The summed E-state index contributed by atoms with van der Waals surface area (Å²) < 4.78 is 9.50.